The van der Waals surface area contributed by atoms with Crippen LogP contribution in [0.25, 0.3) is 0 Å². The Morgan fingerprint density at radius 3 is 2.55 bits per heavy atom. The molecule has 3 rings (SSSR count). The molecule has 0 spiro atoms. The molecule has 0 radical (unpaired) electrons. The van der Waals surface area contributed by atoms with E-state index in [4.69, 9.17) is 5.73 Å². The van der Waals surface area contributed by atoms with Crippen molar-refractivity contribution in [2.45, 2.75) is 32.2 Å². The van der Waals surface area contributed by atoms with Gasteiger partial charge in [0.2, 0.25) is 0 Å². The van der Waals surface area contributed by atoms with Crippen molar-refractivity contribution in [3.05, 3.63) is 59.7 Å². The van der Waals surface area contributed by atoms with Crippen molar-refractivity contribution in [3.8, 4) is 0 Å². The number of nitrogen functional groups attached to an aromatic ring is 1. The summed E-state index contributed by atoms with van der Waals surface area (Å²) in [4.78, 5) is 2.54. The summed E-state index contributed by atoms with van der Waals surface area (Å²) in [5.74, 6) is 0. The number of anilines is 2. The number of hydrogen-bond donors (Lipinski definition) is 1. The van der Waals surface area contributed by atoms with Gasteiger partial charge in [0.25, 0.3) is 0 Å². The highest BCUT2D eigenvalue weighted by atomic mass is 15.2. The molecule has 104 valence electrons. The molecule has 1 atom stereocenters. The van der Waals surface area contributed by atoms with Crippen molar-refractivity contribution in [3.63, 3.8) is 0 Å². The third-order valence-corrected chi connectivity index (χ3v) is 4.28. The highest BCUT2D eigenvalue weighted by molar-refractivity contribution is 5.56. The minimum Gasteiger partial charge on any atom is -0.399 e. The van der Waals surface area contributed by atoms with Gasteiger partial charge in [-0.2, -0.15) is 0 Å². The van der Waals surface area contributed by atoms with E-state index in [0.717, 1.165) is 12.2 Å². The fraction of sp³-hybridized carbons (Fsp3) is 0.333. The van der Waals surface area contributed by atoms with E-state index in [1.807, 2.05) is 12.1 Å². The highest BCUT2D eigenvalue weighted by Gasteiger charge is 2.20. The number of nitrogens with two attached hydrogens (primary N) is 1. The molecule has 0 aliphatic carbocycles. The second-order valence-electron chi connectivity index (χ2n) is 5.62. The molecule has 2 nitrogen and oxygen atoms in total. The molecule has 0 saturated heterocycles. The molecule has 0 aromatic heterocycles. The van der Waals surface area contributed by atoms with Gasteiger partial charge in [0.15, 0.2) is 0 Å². The van der Waals surface area contributed by atoms with Crippen LogP contribution in [0, 0.1) is 0 Å². The van der Waals surface area contributed by atoms with E-state index in [-0.39, 0.29) is 0 Å². The SMILES string of the molecule is CC(c1ccc(N)cc1)N1CCCCc2ccccc21. The van der Waals surface area contributed by atoms with Crippen LogP contribution in [0.1, 0.15) is 36.9 Å². The maximum Gasteiger partial charge on any atom is 0.0514 e. The standard InChI is InChI=1S/C18H22N2/c1-14(15-9-11-17(19)12-10-15)20-13-5-4-7-16-6-2-3-8-18(16)20/h2-3,6,8-12,14H,4-5,7,13,19H2,1H3. The molecule has 0 bridgehead atoms. The van der Waals surface area contributed by atoms with E-state index in [1.54, 1.807) is 0 Å². The van der Waals surface area contributed by atoms with Gasteiger partial charge >= 0.3 is 0 Å². The molecule has 1 heterocycles. The lowest BCUT2D eigenvalue weighted by Gasteiger charge is -2.32. The summed E-state index contributed by atoms with van der Waals surface area (Å²) < 4.78 is 0. The lowest BCUT2D eigenvalue weighted by molar-refractivity contribution is 0.643. The molecule has 1 unspecified atom stereocenters. The summed E-state index contributed by atoms with van der Waals surface area (Å²) in [6.45, 7) is 3.41. The largest absolute Gasteiger partial charge is 0.399 e. The fourth-order valence-corrected chi connectivity index (χ4v) is 3.08. The first kappa shape index (κ1) is 13.0. The Hall–Kier alpha value is -1.96. The zero-order chi connectivity index (χ0) is 13.9. The van der Waals surface area contributed by atoms with Crippen LogP contribution in [-0.2, 0) is 6.42 Å². The van der Waals surface area contributed by atoms with Gasteiger partial charge in [0.1, 0.15) is 0 Å². The van der Waals surface area contributed by atoms with Gasteiger partial charge in [-0.25, -0.2) is 0 Å². The number of rotatable bonds is 2. The van der Waals surface area contributed by atoms with E-state index in [1.165, 1.54) is 36.1 Å². The minimum absolute atomic E-state index is 0.384. The van der Waals surface area contributed by atoms with E-state index in [0.29, 0.717) is 6.04 Å². The fourth-order valence-electron chi connectivity index (χ4n) is 3.08. The first-order chi connectivity index (χ1) is 9.75. The topological polar surface area (TPSA) is 29.3 Å². The Morgan fingerprint density at radius 2 is 1.75 bits per heavy atom. The van der Waals surface area contributed by atoms with Crippen molar-refractivity contribution in [2.24, 2.45) is 0 Å². The van der Waals surface area contributed by atoms with Gasteiger partial charge in [-0.05, 0) is 55.5 Å². The highest BCUT2D eigenvalue weighted by Crippen LogP contribution is 2.33. The molecule has 1 aliphatic heterocycles. The van der Waals surface area contributed by atoms with E-state index < -0.39 is 0 Å². The monoisotopic (exact) mass is 266 g/mol. The lowest BCUT2D eigenvalue weighted by Crippen LogP contribution is -2.27. The van der Waals surface area contributed by atoms with Gasteiger partial charge < -0.3 is 10.6 Å². The van der Waals surface area contributed by atoms with E-state index in [9.17, 15) is 0 Å². The van der Waals surface area contributed by atoms with Gasteiger partial charge in [0.05, 0.1) is 6.04 Å². The minimum atomic E-state index is 0.384. The summed E-state index contributed by atoms with van der Waals surface area (Å²) in [6, 6.07) is 17.5. The average Bonchev–Trinajstić information content (AvgIpc) is 2.69. The number of para-hydroxylation sites is 1. The number of nitrogens with zero attached hydrogens (tertiary/aromatic N) is 1. The quantitative estimate of drug-likeness (QED) is 0.826. The second-order valence-corrected chi connectivity index (χ2v) is 5.62. The van der Waals surface area contributed by atoms with Gasteiger partial charge in [0, 0.05) is 17.9 Å². The smallest absolute Gasteiger partial charge is 0.0514 e. The zero-order valence-electron chi connectivity index (χ0n) is 12.0. The van der Waals surface area contributed by atoms with Crippen LogP contribution in [-0.4, -0.2) is 6.54 Å². The molecule has 0 amide bonds. The summed E-state index contributed by atoms with van der Waals surface area (Å²) in [5.41, 5.74) is 10.8. The van der Waals surface area contributed by atoms with Crippen LogP contribution in [0.2, 0.25) is 0 Å². The second kappa shape index (κ2) is 5.58. The predicted octanol–water partition coefficient (Wildman–Crippen LogP) is 4.17. The van der Waals surface area contributed by atoms with Crippen LogP contribution in [0.5, 0.6) is 0 Å². The molecule has 2 heteroatoms. The predicted molar refractivity (Wildman–Crippen MR) is 86.0 cm³/mol. The van der Waals surface area contributed by atoms with Crippen molar-refractivity contribution in [2.75, 3.05) is 17.2 Å². The zero-order valence-corrected chi connectivity index (χ0v) is 12.0. The number of aryl methyl sites for hydroxylation is 1. The average molecular weight is 266 g/mol. The molecule has 0 fully saturated rings. The third kappa shape index (κ3) is 2.51. The van der Waals surface area contributed by atoms with Crippen LogP contribution < -0.4 is 10.6 Å². The van der Waals surface area contributed by atoms with Crippen LogP contribution in [0.3, 0.4) is 0 Å². The first-order valence-corrected chi connectivity index (χ1v) is 7.46. The lowest BCUT2D eigenvalue weighted by atomic mass is 10.0. The number of fused-ring (bicyclic) bond motifs is 1. The van der Waals surface area contributed by atoms with Gasteiger partial charge in [-0.15, -0.1) is 0 Å². The molecular formula is C18H22N2. The Morgan fingerprint density at radius 1 is 1.00 bits per heavy atom. The van der Waals surface area contributed by atoms with Crippen LogP contribution >= 0.6 is 0 Å². The van der Waals surface area contributed by atoms with E-state index >= 15 is 0 Å². The first-order valence-electron chi connectivity index (χ1n) is 7.46. The molecule has 2 aromatic rings. The van der Waals surface area contributed by atoms with Gasteiger partial charge in [-0.3, -0.25) is 0 Å². The Labute approximate surface area is 121 Å². The number of hydrogen-bond acceptors (Lipinski definition) is 2. The molecule has 20 heavy (non-hydrogen) atoms. The molecular weight excluding hydrogens is 244 g/mol. The Bertz CT molecular complexity index is 574. The number of benzene rings is 2. The molecule has 2 aromatic carbocycles. The van der Waals surface area contributed by atoms with Crippen LogP contribution in [0.15, 0.2) is 48.5 Å². The van der Waals surface area contributed by atoms with E-state index in [2.05, 4.69) is 48.2 Å². The summed E-state index contributed by atoms with van der Waals surface area (Å²) >= 11 is 0. The Balaban J connectivity index is 1.94. The van der Waals surface area contributed by atoms with Crippen molar-refractivity contribution in [1.29, 1.82) is 0 Å². The molecule has 2 N–H and O–H groups in total. The van der Waals surface area contributed by atoms with Crippen LogP contribution in [0.4, 0.5) is 11.4 Å². The van der Waals surface area contributed by atoms with Crippen molar-refractivity contribution < 1.29 is 0 Å². The maximum atomic E-state index is 5.79. The summed E-state index contributed by atoms with van der Waals surface area (Å²) in [5, 5.41) is 0. The third-order valence-electron chi connectivity index (χ3n) is 4.28. The maximum absolute atomic E-state index is 5.79. The summed E-state index contributed by atoms with van der Waals surface area (Å²) in [6.07, 6.45) is 3.73. The normalized spacial score (nSPS) is 16.4. The Kier molecular flexibility index (Phi) is 3.64. The van der Waals surface area contributed by atoms with Crippen molar-refractivity contribution in [1.82, 2.24) is 0 Å². The molecule has 0 saturated carbocycles. The van der Waals surface area contributed by atoms with Gasteiger partial charge in [-0.1, -0.05) is 30.3 Å². The van der Waals surface area contributed by atoms with Crippen molar-refractivity contribution >= 4 is 11.4 Å². The summed E-state index contributed by atoms with van der Waals surface area (Å²) in [7, 11) is 0. The molecule has 1 aliphatic rings.